The molecule has 2 aromatic carbocycles. The molecule has 0 heterocycles. The topological polar surface area (TPSA) is 87.9 Å². The van der Waals surface area contributed by atoms with Crippen LogP contribution in [0.5, 0.6) is 11.5 Å². The Hall–Kier alpha value is -3.09. The Morgan fingerprint density at radius 2 is 1.70 bits per heavy atom. The van der Waals surface area contributed by atoms with Gasteiger partial charge in [0.2, 0.25) is 0 Å². The highest BCUT2D eigenvalue weighted by molar-refractivity contribution is 6.04. The van der Waals surface area contributed by atoms with Crippen LogP contribution in [0.1, 0.15) is 38.1 Å². The number of nitrogens with one attached hydrogen (secondary N) is 1. The van der Waals surface area contributed by atoms with Crippen LogP contribution in [0.4, 0.5) is 11.4 Å². The number of carbonyl (C=O) groups excluding carboxylic acids is 1. The van der Waals surface area contributed by atoms with Crippen molar-refractivity contribution in [2.45, 2.75) is 33.8 Å². The van der Waals surface area contributed by atoms with Crippen molar-refractivity contribution >= 4 is 17.3 Å². The van der Waals surface area contributed by atoms with E-state index in [0.717, 1.165) is 0 Å². The molecule has 0 saturated heterocycles. The summed E-state index contributed by atoms with van der Waals surface area (Å²) in [6.07, 6.45) is -0.0395. The van der Waals surface area contributed by atoms with Crippen molar-refractivity contribution in [3.8, 4) is 11.5 Å². The second kappa shape index (κ2) is 9.02. The van der Waals surface area contributed by atoms with E-state index in [1.165, 1.54) is 24.3 Å². The summed E-state index contributed by atoms with van der Waals surface area (Å²) in [5.41, 5.74) is 0.957. The first-order chi connectivity index (χ1) is 12.7. The average molecular weight is 373 g/mol. The predicted molar refractivity (Wildman–Crippen MR) is 102 cm³/mol. The van der Waals surface area contributed by atoms with Crippen LogP contribution in [0, 0.1) is 10.8 Å². The predicted octanol–water partition coefficient (Wildman–Crippen LogP) is 4.56. The number of nitrogens with zero attached hydrogens (tertiary/aromatic N) is 1. The molecule has 0 spiro atoms. The van der Waals surface area contributed by atoms with E-state index in [1.807, 2.05) is 27.7 Å². The standard InChI is InChI=1S/C20H24N2O5/c1-13(2)12-26-18-9-15(10-19(11-18)27-14(3)4)20(23)21-16-5-7-17(8-6-16)22(24)25/h5-11,13-14H,12H2,1-4H3,(H-,21,23,24,25)/p+1. The number of rotatable bonds is 8. The lowest BCUT2D eigenvalue weighted by molar-refractivity contribution is -0.729. The van der Waals surface area contributed by atoms with E-state index in [1.54, 1.807) is 18.2 Å². The third-order valence-corrected chi connectivity index (χ3v) is 3.44. The van der Waals surface area contributed by atoms with Crippen LogP contribution < -0.4 is 14.8 Å². The number of ether oxygens (including phenoxy) is 2. The Labute approximate surface area is 158 Å². The number of hydrogen-bond acceptors (Lipinski definition) is 4. The molecule has 2 N–H and O–H groups in total. The van der Waals surface area contributed by atoms with Gasteiger partial charge in [0.15, 0.2) is 0 Å². The van der Waals surface area contributed by atoms with Gasteiger partial charge in [0.05, 0.1) is 17.6 Å². The summed E-state index contributed by atoms with van der Waals surface area (Å²) in [6.45, 7) is 8.43. The van der Waals surface area contributed by atoms with Crippen molar-refractivity contribution in [2.24, 2.45) is 5.92 Å². The van der Waals surface area contributed by atoms with Crippen LogP contribution in [0.2, 0.25) is 0 Å². The Morgan fingerprint density at radius 3 is 2.26 bits per heavy atom. The summed E-state index contributed by atoms with van der Waals surface area (Å²) in [5.74, 6) is 1.12. The van der Waals surface area contributed by atoms with Crippen molar-refractivity contribution < 1.29 is 24.4 Å². The summed E-state index contributed by atoms with van der Waals surface area (Å²) >= 11 is 0. The van der Waals surface area contributed by atoms with Crippen molar-refractivity contribution in [3.05, 3.63) is 52.9 Å². The van der Waals surface area contributed by atoms with E-state index in [0.29, 0.717) is 35.3 Å². The molecule has 7 heteroatoms. The third kappa shape index (κ3) is 6.29. The largest absolute Gasteiger partial charge is 0.493 e. The first-order valence-corrected chi connectivity index (χ1v) is 8.76. The van der Waals surface area contributed by atoms with E-state index >= 15 is 0 Å². The minimum atomic E-state index is -0.339. The maximum Gasteiger partial charge on any atom is 0.316 e. The lowest BCUT2D eigenvalue weighted by Gasteiger charge is -2.15. The smallest absolute Gasteiger partial charge is 0.316 e. The van der Waals surface area contributed by atoms with E-state index < -0.39 is 0 Å². The van der Waals surface area contributed by atoms with E-state index in [4.69, 9.17) is 14.7 Å². The van der Waals surface area contributed by atoms with Gasteiger partial charge in [-0.1, -0.05) is 13.8 Å². The van der Waals surface area contributed by atoms with Crippen LogP contribution in [0.25, 0.3) is 0 Å². The summed E-state index contributed by atoms with van der Waals surface area (Å²) in [5, 5.41) is 11.6. The maximum absolute atomic E-state index is 12.6. The summed E-state index contributed by atoms with van der Waals surface area (Å²) in [7, 11) is 0. The molecule has 2 rings (SSSR count). The molecule has 0 bridgehead atoms. The van der Waals surface area contributed by atoms with Crippen molar-refractivity contribution in [3.63, 3.8) is 0 Å². The zero-order chi connectivity index (χ0) is 20.0. The molecular formula is C20H25N2O5+. The number of hydrogen-bond donors (Lipinski definition) is 2. The van der Waals surface area contributed by atoms with E-state index in [-0.39, 0.29) is 22.6 Å². The molecule has 0 aliphatic rings. The minimum absolute atomic E-state index is 0.0395. The molecule has 0 aromatic heterocycles. The molecule has 0 aliphatic heterocycles. The molecule has 7 nitrogen and oxygen atoms in total. The second-order valence-corrected chi connectivity index (χ2v) is 6.84. The van der Waals surface area contributed by atoms with Gasteiger partial charge < -0.3 is 14.8 Å². The molecule has 0 unspecified atom stereocenters. The fourth-order valence-electron chi connectivity index (χ4n) is 2.26. The van der Waals surface area contributed by atoms with Gasteiger partial charge in [-0.05, 0) is 44.0 Å². The normalized spacial score (nSPS) is 10.7. The van der Waals surface area contributed by atoms with Gasteiger partial charge in [0.25, 0.3) is 10.8 Å². The minimum Gasteiger partial charge on any atom is -0.493 e. The lowest BCUT2D eigenvalue weighted by Crippen LogP contribution is -2.14. The van der Waals surface area contributed by atoms with Gasteiger partial charge in [0, 0.05) is 29.4 Å². The monoisotopic (exact) mass is 373 g/mol. The first kappa shape index (κ1) is 20.2. The lowest BCUT2D eigenvalue weighted by atomic mass is 10.1. The highest BCUT2D eigenvalue weighted by Crippen LogP contribution is 2.25. The van der Waals surface area contributed by atoms with Crippen LogP contribution >= 0.6 is 0 Å². The van der Waals surface area contributed by atoms with Gasteiger partial charge in [-0.15, -0.1) is 0 Å². The fraction of sp³-hybridized carbons (Fsp3) is 0.350. The number of amides is 1. The van der Waals surface area contributed by atoms with Crippen LogP contribution in [-0.4, -0.2) is 28.7 Å². The Kier molecular flexibility index (Phi) is 6.76. The molecule has 0 atom stereocenters. The summed E-state index contributed by atoms with van der Waals surface area (Å²) in [4.78, 5) is 23.2. The third-order valence-electron chi connectivity index (χ3n) is 3.44. The SMILES string of the molecule is CC(C)COc1cc(OC(C)C)cc(C(=O)Nc2ccc([N+](=O)O)cc2)c1. The molecule has 0 fully saturated rings. The Morgan fingerprint density at radius 1 is 1.07 bits per heavy atom. The average Bonchev–Trinajstić information content (AvgIpc) is 2.59. The zero-order valence-corrected chi connectivity index (χ0v) is 15.9. The summed E-state index contributed by atoms with van der Waals surface area (Å²) in [6, 6.07) is 10.9. The molecule has 0 radical (unpaired) electrons. The number of anilines is 1. The molecule has 27 heavy (non-hydrogen) atoms. The van der Waals surface area contributed by atoms with Gasteiger partial charge in [-0.2, -0.15) is 0 Å². The van der Waals surface area contributed by atoms with Gasteiger partial charge >= 0.3 is 5.69 Å². The molecule has 0 saturated carbocycles. The van der Waals surface area contributed by atoms with Crippen LogP contribution in [0.15, 0.2) is 42.5 Å². The quantitative estimate of drug-likeness (QED) is 0.662. The highest BCUT2D eigenvalue weighted by Gasteiger charge is 2.14. The molecule has 144 valence electrons. The fourth-order valence-corrected chi connectivity index (χ4v) is 2.26. The van der Waals surface area contributed by atoms with Gasteiger partial charge in [-0.25, -0.2) is 5.21 Å². The molecule has 1 amide bonds. The Balaban J connectivity index is 2.21. The Bertz CT molecular complexity index is 801. The second-order valence-electron chi connectivity index (χ2n) is 6.84. The van der Waals surface area contributed by atoms with Crippen LogP contribution in [-0.2, 0) is 0 Å². The van der Waals surface area contributed by atoms with Gasteiger partial charge in [0.1, 0.15) is 11.5 Å². The van der Waals surface area contributed by atoms with Gasteiger partial charge in [-0.3, -0.25) is 4.79 Å². The van der Waals surface area contributed by atoms with Crippen molar-refractivity contribution in [2.75, 3.05) is 11.9 Å². The number of carbonyl (C=O) groups is 1. The highest BCUT2D eigenvalue weighted by atomic mass is 16.6. The summed E-state index contributed by atoms with van der Waals surface area (Å²) < 4.78 is 11.5. The van der Waals surface area contributed by atoms with Crippen molar-refractivity contribution in [1.29, 1.82) is 0 Å². The number of benzene rings is 2. The molecule has 0 aliphatic carbocycles. The zero-order valence-electron chi connectivity index (χ0n) is 15.9. The molecular weight excluding hydrogens is 348 g/mol. The molecule has 2 aromatic rings. The maximum atomic E-state index is 12.6. The van der Waals surface area contributed by atoms with E-state index in [2.05, 4.69) is 5.32 Å². The van der Waals surface area contributed by atoms with E-state index in [9.17, 15) is 9.70 Å². The van der Waals surface area contributed by atoms with Crippen molar-refractivity contribution in [1.82, 2.24) is 0 Å². The van der Waals surface area contributed by atoms with Crippen LogP contribution in [0.3, 0.4) is 0 Å². The first-order valence-electron chi connectivity index (χ1n) is 8.76.